The number of nitrogens with zero attached hydrogens (tertiary/aromatic N) is 1. The summed E-state index contributed by atoms with van der Waals surface area (Å²) in [5, 5.41) is 13.3. The third-order valence-corrected chi connectivity index (χ3v) is 8.05. The lowest BCUT2D eigenvalue weighted by Gasteiger charge is -2.33. The van der Waals surface area contributed by atoms with Gasteiger partial charge in [-0.05, 0) is 49.6 Å². The molecule has 196 valence electrons. The summed E-state index contributed by atoms with van der Waals surface area (Å²) in [7, 11) is -3.79. The Morgan fingerprint density at radius 2 is 1.69 bits per heavy atom. The number of nitrogens with one attached hydrogen (secondary N) is 2. The maximum Gasteiger partial charge on any atom is 0.247 e. The summed E-state index contributed by atoms with van der Waals surface area (Å²) in [5.74, 6) is -0.777. The SMILES string of the molecule is Cc1ccc(S(=O)(=O)NCCC(=O)N(CCO)C(C(=O)NC2CCCCC2)c2ccc(Cl)cc2)cc1. The zero-order valence-corrected chi connectivity index (χ0v) is 22.0. The van der Waals surface area contributed by atoms with Crippen molar-refractivity contribution in [3.63, 3.8) is 0 Å². The zero-order valence-electron chi connectivity index (χ0n) is 20.5. The third kappa shape index (κ3) is 7.77. The van der Waals surface area contributed by atoms with Crippen LogP contribution in [0.5, 0.6) is 0 Å². The smallest absolute Gasteiger partial charge is 0.247 e. The van der Waals surface area contributed by atoms with Gasteiger partial charge in [0.2, 0.25) is 21.8 Å². The average molecular weight is 536 g/mol. The normalized spacial score (nSPS) is 15.3. The van der Waals surface area contributed by atoms with Gasteiger partial charge < -0.3 is 15.3 Å². The van der Waals surface area contributed by atoms with Crippen molar-refractivity contribution in [1.29, 1.82) is 0 Å². The predicted octanol–water partition coefficient (Wildman–Crippen LogP) is 3.33. The van der Waals surface area contributed by atoms with Crippen LogP contribution >= 0.6 is 11.6 Å². The standard InChI is InChI=1S/C26H34ClN3O5S/c1-19-7-13-23(14-8-19)36(34,35)28-16-15-24(32)30(17-18-31)25(20-9-11-21(27)12-10-20)26(33)29-22-5-3-2-4-6-22/h7-14,22,25,28,31H,2-6,15-18H2,1H3,(H,29,33). The topological polar surface area (TPSA) is 116 Å². The Morgan fingerprint density at radius 1 is 1.06 bits per heavy atom. The van der Waals surface area contributed by atoms with Gasteiger partial charge in [-0.2, -0.15) is 0 Å². The summed E-state index contributed by atoms with van der Waals surface area (Å²) >= 11 is 6.04. The lowest BCUT2D eigenvalue weighted by molar-refractivity contribution is -0.141. The molecule has 1 aliphatic carbocycles. The second-order valence-corrected chi connectivity index (χ2v) is 11.3. The molecule has 1 atom stereocenters. The van der Waals surface area contributed by atoms with Crippen LogP contribution in [0.1, 0.15) is 55.7 Å². The first kappa shape index (κ1) is 28.1. The molecule has 0 spiro atoms. The molecule has 0 radical (unpaired) electrons. The molecule has 2 amide bonds. The number of sulfonamides is 1. The van der Waals surface area contributed by atoms with Crippen molar-refractivity contribution in [2.45, 2.75) is 62.4 Å². The molecule has 10 heteroatoms. The first-order valence-electron chi connectivity index (χ1n) is 12.2. The lowest BCUT2D eigenvalue weighted by Crippen LogP contribution is -2.48. The molecule has 2 aromatic carbocycles. The van der Waals surface area contributed by atoms with E-state index in [4.69, 9.17) is 11.6 Å². The minimum absolute atomic E-state index is 0.0356. The summed E-state index contributed by atoms with van der Waals surface area (Å²) in [4.78, 5) is 28.1. The van der Waals surface area contributed by atoms with Gasteiger partial charge in [0.05, 0.1) is 11.5 Å². The molecule has 36 heavy (non-hydrogen) atoms. The molecular formula is C26H34ClN3O5S. The van der Waals surface area contributed by atoms with Gasteiger partial charge in [-0.3, -0.25) is 9.59 Å². The molecule has 1 saturated carbocycles. The van der Waals surface area contributed by atoms with E-state index in [-0.39, 0.29) is 43.0 Å². The molecule has 8 nitrogen and oxygen atoms in total. The summed E-state index contributed by atoms with van der Waals surface area (Å²) in [6, 6.07) is 12.1. The number of amides is 2. The highest BCUT2D eigenvalue weighted by Gasteiger charge is 2.32. The van der Waals surface area contributed by atoms with Crippen molar-refractivity contribution in [2.75, 3.05) is 19.7 Å². The van der Waals surface area contributed by atoms with Crippen molar-refractivity contribution in [1.82, 2.24) is 14.9 Å². The fourth-order valence-corrected chi connectivity index (χ4v) is 5.55. The summed E-state index contributed by atoms with van der Waals surface area (Å²) in [6.45, 7) is 1.30. The van der Waals surface area contributed by atoms with Gasteiger partial charge in [0.1, 0.15) is 6.04 Å². The van der Waals surface area contributed by atoms with E-state index in [1.165, 1.54) is 17.0 Å². The molecule has 0 aromatic heterocycles. The van der Waals surface area contributed by atoms with Crippen molar-refractivity contribution in [3.05, 3.63) is 64.7 Å². The molecule has 2 aromatic rings. The second-order valence-electron chi connectivity index (χ2n) is 9.07. The molecule has 1 aliphatic rings. The van der Waals surface area contributed by atoms with E-state index in [1.807, 2.05) is 6.92 Å². The van der Waals surface area contributed by atoms with Gasteiger partial charge in [-0.25, -0.2) is 13.1 Å². The van der Waals surface area contributed by atoms with Crippen LogP contribution in [0.2, 0.25) is 5.02 Å². The van der Waals surface area contributed by atoms with Gasteiger partial charge >= 0.3 is 0 Å². The van der Waals surface area contributed by atoms with Crippen molar-refractivity contribution >= 4 is 33.4 Å². The first-order valence-corrected chi connectivity index (χ1v) is 14.1. The molecule has 0 aliphatic heterocycles. The van der Waals surface area contributed by atoms with E-state index in [1.54, 1.807) is 36.4 Å². The summed E-state index contributed by atoms with van der Waals surface area (Å²) < 4.78 is 27.6. The Morgan fingerprint density at radius 3 is 2.31 bits per heavy atom. The van der Waals surface area contributed by atoms with Gasteiger partial charge in [-0.15, -0.1) is 0 Å². The molecule has 0 saturated heterocycles. The summed E-state index contributed by atoms with van der Waals surface area (Å²) in [5.41, 5.74) is 1.50. The maximum absolute atomic E-state index is 13.4. The van der Waals surface area contributed by atoms with Crippen LogP contribution in [0.3, 0.4) is 0 Å². The second kappa shape index (κ2) is 13.2. The van der Waals surface area contributed by atoms with Crippen molar-refractivity contribution in [3.8, 4) is 0 Å². The maximum atomic E-state index is 13.4. The van der Waals surface area contributed by atoms with Gasteiger partial charge in [0.15, 0.2) is 0 Å². The Bertz CT molecular complexity index is 1120. The molecule has 1 unspecified atom stereocenters. The van der Waals surface area contributed by atoms with Crippen LogP contribution in [0.25, 0.3) is 0 Å². The molecule has 3 rings (SSSR count). The minimum Gasteiger partial charge on any atom is -0.395 e. The van der Waals surface area contributed by atoms with E-state index in [0.29, 0.717) is 10.6 Å². The molecule has 0 heterocycles. The van der Waals surface area contributed by atoms with Crippen LogP contribution in [0, 0.1) is 6.92 Å². The molecular weight excluding hydrogens is 502 g/mol. The van der Waals surface area contributed by atoms with Gasteiger partial charge in [0.25, 0.3) is 0 Å². The fourth-order valence-electron chi connectivity index (χ4n) is 4.39. The van der Waals surface area contributed by atoms with E-state index >= 15 is 0 Å². The highest BCUT2D eigenvalue weighted by molar-refractivity contribution is 7.89. The molecule has 3 N–H and O–H groups in total. The Hall–Kier alpha value is -2.46. The minimum atomic E-state index is -3.79. The number of benzene rings is 2. The fraction of sp³-hybridized carbons (Fsp3) is 0.462. The zero-order chi connectivity index (χ0) is 26.1. The summed E-state index contributed by atoms with van der Waals surface area (Å²) in [6.07, 6.45) is 4.81. The van der Waals surface area contributed by atoms with Crippen LogP contribution < -0.4 is 10.0 Å². The Balaban J connectivity index is 1.75. The van der Waals surface area contributed by atoms with Crippen LogP contribution in [-0.2, 0) is 19.6 Å². The number of hydrogen-bond acceptors (Lipinski definition) is 5. The van der Waals surface area contributed by atoms with E-state index < -0.39 is 22.0 Å². The number of aliphatic hydroxyl groups excluding tert-OH is 1. The molecule has 0 bridgehead atoms. The highest BCUT2D eigenvalue weighted by Crippen LogP contribution is 2.26. The monoisotopic (exact) mass is 535 g/mol. The van der Waals surface area contributed by atoms with Crippen LogP contribution in [0.4, 0.5) is 0 Å². The van der Waals surface area contributed by atoms with E-state index in [2.05, 4.69) is 10.0 Å². The highest BCUT2D eigenvalue weighted by atomic mass is 35.5. The van der Waals surface area contributed by atoms with E-state index in [0.717, 1.165) is 37.7 Å². The van der Waals surface area contributed by atoms with Gasteiger partial charge in [-0.1, -0.05) is 60.7 Å². The first-order chi connectivity index (χ1) is 17.2. The van der Waals surface area contributed by atoms with Crippen molar-refractivity contribution in [2.24, 2.45) is 0 Å². The predicted molar refractivity (Wildman–Crippen MR) is 139 cm³/mol. The Kier molecular flexibility index (Phi) is 10.3. The largest absolute Gasteiger partial charge is 0.395 e. The van der Waals surface area contributed by atoms with E-state index in [9.17, 15) is 23.1 Å². The molecule has 1 fully saturated rings. The average Bonchev–Trinajstić information content (AvgIpc) is 2.85. The van der Waals surface area contributed by atoms with Crippen LogP contribution in [0.15, 0.2) is 53.4 Å². The van der Waals surface area contributed by atoms with Crippen LogP contribution in [-0.4, -0.2) is 56.0 Å². The van der Waals surface area contributed by atoms with Crippen molar-refractivity contribution < 1.29 is 23.1 Å². The van der Waals surface area contributed by atoms with Gasteiger partial charge in [0, 0.05) is 30.6 Å². The quantitative estimate of drug-likeness (QED) is 0.408. The number of hydrogen-bond donors (Lipinski definition) is 3. The number of rotatable bonds is 11. The number of carbonyl (C=O) groups is 2. The Labute approximate surface area is 218 Å². The number of carbonyl (C=O) groups excluding carboxylic acids is 2. The lowest BCUT2D eigenvalue weighted by atomic mass is 9.94. The number of halogens is 1. The number of aryl methyl sites for hydroxylation is 1. The third-order valence-electron chi connectivity index (χ3n) is 6.32. The number of aliphatic hydroxyl groups is 1.